The van der Waals surface area contributed by atoms with Crippen LogP contribution in [0, 0.1) is 0 Å². The van der Waals surface area contributed by atoms with Crippen molar-refractivity contribution in [3.63, 3.8) is 0 Å². The summed E-state index contributed by atoms with van der Waals surface area (Å²) in [6.45, 7) is 4.98. The van der Waals surface area contributed by atoms with E-state index in [-0.39, 0.29) is 0 Å². The maximum atomic E-state index is 9.51. The van der Waals surface area contributed by atoms with Gasteiger partial charge in [-0.05, 0) is 13.0 Å². The average Bonchev–Trinajstić information content (AvgIpc) is 2.01. The summed E-state index contributed by atoms with van der Waals surface area (Å²) in [5.41, 5.74) is 5.06. The van der Waals surface area contributed by atoms with E-state index in [2.05, 4.69) is 13.8 Å². The molecule has 2 nitrogen and oxygen atoms in total. The van der Waals surface area contributed by atoms with Gasteiger partial charge in [-0.15, -0.1) is 0 Å². The molecule has 0 atom stereocenters. The Morgan fingerprint density at radius 1 is 1.30 bits per heavy atom. The van der Waals surface area contributed by atoms with Crippen LogP contribution in [0.5, 0.6) is 0 Å². The Balaban J connectivity index is 0. The molecule has 0 spiro atoms. The third kappa shape index (κ3) is 25.5. The van der Waals surface area contributed by atoms with Crippen LogP contribution in [-0.2, 0) is 4.79 Å². The van der Waals surface area contributed by atoms with E-state index in [1.165, 1.54) is 12.8 Å². The molecule has 10 heavy (non-hydrogen) atoms. The second-order valence-electron chi connectivity index (χ2n) is 2.10. The Bertz CT molecular complexity index is 53.2. The maximum absolute atomic E-state index is 9.51. The molecule has 0 heterocycles. The predicted molar refractivity (Wildman–Crippen MR) is 44.9 cm³/mol. The third-order valence-corrected chi connectivity index (χ3v) is 1.03. The molecular formula is C8H19NO. The van der Waals surface area contributed by atoms with Gasteiger partial charge in [-0.3, -0.25) is 0 Å². The molecule has 62 valence electrons. The van der Waals surface area contributed by atoms with Gasteiger partial charge in [0.15, 0.2) is 0 Å². The quantitative estimate of drug-likeness (QED) is 0.483. The van der Waals surface area contributed by atoms with Gasteiger partial charge >= 0.3 is 0 Å². The molecule has 0 fully saturated rings. The zero-order valence-electron chi connectivity index (χ0n) is 7.10. The van der Waals surface area contributed by atoms with E-state index in [0.29, 0.717) is 13.0 Å². The van der Waals surface area contributed by atoms with E-state index in [1.54, 1.807) is 0 Å². The molecule has 0 aromatic heterocycles. The number of carbonyl (C=O) groups is 1. The van der Waals surface area contributed by atoms with Gasteiger partial charge in [-0.2, -0.15) is 0 Å². The lowest BCUT2D eigenvalue weighted by molar-refractivity contribution is -0.107. The zero-order chi connectivity index (χ0) is 8.24. The molecular weight excluding hydrogens is 126 g/mol. The number of nitrogens with two attached hydrogens (primary N) is 1. The van der Waals surface area contributed by atoms with E-state index in [0.717, 1.165) is 12.7 Å². The molecule has 0 aromatic rings. The summed E-state index contributed by atoms with van der Waals surface area (Å²) in [4.78, 5) is 9.51. The van der Waals surface area contributed by atoms with Crippen molar-refractivity contribution < 1.29 is 4.79 Å². The number of aldehydes is 1. The summed E-state index contributed by atoms with van der Waals surface area (Å²) in [6.07, 6.45) is 4.95. The summed E-state index contributed by atoms with van der Waals surface area (Å²) in [5, 5.41) is 0. The highest BCUT2D eigenvalue weighted by molar-refractivity contribution is 5.48. The van der Waals surface area contributed by atoms with Crippen LogP contribution < -0.4 is 5.73 Å². The molecule has 0 aliphatic rings. The second-order valence-corrected chi connectivity index (χ2v) is 2.10. The van der Waals surface area contributed by atoms with E-state index < -0.39 is 0 Å². The van der Waals surface area contributed by atoms with Crippen molar-refractivity contribution in [3.8, 4) is 0 Å². The second kappa shape index (κ2) is 15.9. The van der Waals surface area contributed by atoms with Crippen molar-refractivity contribution in [1.82, 2.24) is 0 Å². The molecule has 0 saturated heterocycles. The summed E-state index contributed by atoms with van der Waals surface area (Å²) < 4.78 is 0. The van der Waals surface area contributed by atoms with Crippen molar-refractivity contribution in [2.24, 2.45) is 5.73 Å². The smallest absolute Gasteiger partial charge is 0.120 e. The van der Waals surface area contributed by atoms with Gasteiger partial charge in [-0.25, -0.2) is 0 Å². The minimum absolute atomic E-state index is 0.608. The van der Waals surface area contributed by atoms with Crippen molar-refractivity contribution in [3.05, 3.63) is 0 Å². The highest BCUT2D eigenvalue weighted by atomic mass is 16.1. The van der Waals surface area contributed by atoms with Gasteiger partial charge in [0, 0.05) is 6.42 Å². The van der Waals surface area contributed by atoms with Gasteiger partial charge < -0.3 is 10.5 Å². The van der Waals surface area contributed by atoms with Gasteiger partial charge in [0.2, 0.25) is 0 Å². The highest BCUT2D eigenvalue weighted by Crippen LogP contribution is 1.76. The first-order chi connectivity index (χ1) is 4.83. The fraction of sp³-hybridized carbons (Fsp3) is 0.875. The van der Waals surface area contributed by atoms with Crippen LogP contribution in [0.25, 0.3) is 0 Å². The monoisotopic (exact) mass is 145 g/mol. The van der Waals surface area contributed by atoms with Gasteiger partial charge in [0.05, 0.1) is 0 Å². The Kier molecular flexibility index (Phi) is 19.5. The highest BCUT2D eigenvalue weighted by Gasteiger charge is 1.74. The minimum Gasteiger partial charge on any atom is -0.330 e. The largest absolute Gasteiger partial charge is 0.330 e. The first-order valence-corrected chi connectivity index (χ1v) is 3.97. The van der Waals surface area contributed by atoms with Crippen LogP contribution in [-0.4, -0.2) is 12.8 Å². The summed E-state index contributed by atoms with van der Waals surface area (Å²) in [6, 6.07) is 0. The number of hydrogen-bond donors (Lipinski definition) is 1. The molecule has 0 aliphatic carbocycles. The fourth-order valence-corrected chi connectivity index (χ4v) is 0.201. The molecule has 0 radical (unpaired) electrons. The zero-order valence-corrected chi connectivity index (χ0v) is 7.10. The third-order valence-electron chi connectivity index (χ3n) is 1.03. The molecule has 0 amide bonds. The van der Waals surface area contributed by atoms with Crippen molar-refractivity contribution >= 4 is 6.29 Å². The molecule has 0 aliphatic heterocycles. The SMILES string of the molecule is CCCC.NCCCC=O. The molecule has 0 bridgehead atoms. The first-order valence-electron chi connectivity index (χ1n) is 3.97. The van der Waals surface area contributed by atoms with Crippen LogP contribution in [0.3, 0.4) is 0 Å². The lowest BCUT2D eigenvalue weighted by Gasteiger charge is -1.79. The molecule has 0 unspecified atom stereocenters. The Morgan fingerprint density at radius 3 is 1.90 bits per heavy atom. The van der Waals surface area contributed by atoms with E-state index in [4.69, 9.17) is 5.73 Å². The first kappa shape index (κ1) is 12.3. The fourth-order valence-electron chi connectivity index (χ4n) is 0.201. The number of hydrogen-bond acceptors (Lipinski definition) is 2. The van der Waals surface area contributed by atoms with Gasteiger partial charge in [0.25, 0.3) is 0 Å². The van der Waals surface area contributed by atoms with Crippen molar-refractivity contribution in [2.45, 2.75) is 39.5 Å². The topological polar surface area (TPSA) is 43.1 Å². The summed E-state index contributed by atoms with van der Waals surface area (Å²) in [5.74, 6) is 0. The number of rotatable bonds is 4. The average molecular weight is 145 g/mol. The normalized spacial score (nSPS) is 7.90. The summed E-state index contributed by atoms with van der Waals surface area (Å²) in [7, 11) is 0. The van der Waals surface area contributed by atoms with Gasteiger partial charge in [-0.1, -0.05) is 26.7 Å². The van der Waals surface area contributed by atoms with Crippen LogP contribution in [0.4, 0.5) is 0 Å². The Labute approximate surface area is 63.8 Å². The molecule has 2 heteroatoms. The standard InChI is InChI=1S/C4H9NO.C4H10/c5-3-1-2-4-6;1-3-4-2/h4H,1-3,5H2;3-4H2,1-2H3. The maximum Gasteiger partial charge on any atom is 0.120 e. The van der Waals surface area contributed by atoms with Crippen molar-refractivity contribution in [1.29, 1.82) is 0 Å². The van der Waals surface area contributed by atoms with E-state index in [9.17, 15) is 4.79 Å². The lowest BCUT2D eigenvalue weighted by atomic mass is 10.3. The number of unbranched alkanes of at least 4 members (excludes halogenated alkanes) is 2. The van der Waals surface area contributed by atoms with Crippen LogP contribution in [0.2, 0.25) is 0 Å². The lowest BCUT2D eigenvalue weighted by Crippen LogP contribution is -1.97. The Hall–Kier alpha value is -0.370. The summed E-state index contributed by atoms with van der Waals surface area (Å²) >= 11 is 0. The molecule has 2 N–H and O–H groups in total. The van der Waals surface area contributed by atoms with Crippen molar-refractivity contribution in [2.75, 3.05) is 6.54 Å². The molecule has 0 saturated carbocycles. The number of carbonyl (C=O) groups excluding carboxylic acids is 1. The molecule has 0 rings (SSSR count). The van der Waals surface area contributed by atoms with E-state index in [1.807, 2.05) is 0 Å². The van der Waals surface area contributed by atoms with Crippen LogP contribution in [0.15, 0.2) is 0 Å². The van der Waals surface area contributed by atoms with Gasteiger partial charge in [0.1, 0.15) is 6.29 Å². The Morgan fingerprint density at radius 2 is 1.80 bits per heavy atom. The van der Waals surface area contributed by atoms with Crippen LogP contribution >= 0.6 is 0 Å². The van der Waals surface area contributed by atoms with Crippen LogP contribution in [0.1, 0.15) is 39.5 Å². The predicted octanol–water partition coefficient (Wildman–Crippen LogP) is 1.73. The minimum atomic E-state index is 0.608. The van der Waals surface area contributed by atoms with E-state index >= 15 is 0 Å². The molecule has 0 aromatic carbocycles.